The van der Waals surface area contributed by atoms with Crippen LogP contribution in [0.1, 0.15) is 32.0 Å². The lowest BCUT2D eigenvalue weighted by atomic mass is 10.1. The van der Waals surface area contributed by atoms with Crippen LogP contribution in [0.15, 0.2) is 43.0 Å². The third kappa shape index (κ3) is 3.62. The second-order valence-corrected chi connectivity index (χ2v) is 6.40. The van der Waals surface area contributed by atoms with E-state index in [0.29, 0.717) is 11.4 Å². The van der Waals surface area contributed by atoms with Crippen LogP contribution in [0.4, 0.5) is 0 Å². The van der Waals surface area contributed by atoms with Crippen LogP contribution in [0.5, 0.6) is 0 Å². The molecule has 3 aromatic rings. The summed E-state index contributed by atoms with van der Waals surface area (Å²) in [4.78, 5) is 21.5. The molecule has 1 aromatic carbocycles. The molecule has 0 saturated heterocycles. The van der Waals surface area contributed by atoms with Crippen molar-refractivity contribution in [2.24, 2.45) is 0 Å². The first-order valence-corrected chi connectivity index (χ1v) is 8.07. The van der Waals surface area contributed by atoms with E-state index in [1.165, 1.54) is 17.7 Å². The van der Waals surface area contributed by atoms with E-state index in [-0.39, 0.29) is 11.9 Å². The summed E-state index contributed by atoms with van der Waals surface area (Å²) in [5.41, 5.74) is 1.79. The van der Waals surface area contributed by atoms with Gasteiger partial charge >= 0.3 is 0 Å². The molecule has 0 saturated carbocycles. The molecule has 0 aliphatic carbocycles. The summed E-state index contributed by atoms with van der Waals surface area (Å²) < 4.78 is 1.71. The second-order valence-electron chi connectivity index (χ2n) is 5.20. The number of rotatable bonds is 5. The number of aromatic nitrogens is 4. The highest BCUT2D eigenvalue weighted by atomic mass is 32.1. The molecule has 0 radical (unpaired) electrons. The van der Waals surface area contributed by atoms with Gasteiger partial charge in [0.05, 0.1) is 23.3 Å². The predicted octanol–water partition coefficient (Wildman–Crippen LogP) is 2.52. The quantitative estimate of drug-likeness (QED) is 0.781. The summed E-state index contributed by atoms with van der Waals surface area (Å²) in [7, 11) is 0. The average Bonchev–Trinajstić information content (AvgIpc) is 3.17. The fourth-order valence-electron chi connectivity index (χ4n) is 2.40. The number of hydrogen-bond donors (Lipinski definition) is 1. The highest BCUT2D eigenvalue weighted by Gasteiger charge is 2.20. The molecule has 1 amide bonds. The number of carbonyl (C=O) groups excluding carboxylic acids is 1. The molecule has 6 nitrogen and oxygen atoms in total. The average molecular weight is 327 g/mol. The molecule has 0 fully saturated rings. The molecular formula is C16H17N5OS. The van der Waals surface area contributed by atoms with Gasteiger partial charge in [0, 0.05) is 0 Å². The third-order valence-electron chi connectivity index (χ3n) is 3.45. The molecule has 1 N–H and O–H groups in total. The van der Waals surface area contributed by atoms with Crippen molar-refractivity contribution in [2.75, 3.05) is 0 Å². The Morgan fingerprint density at radius 1 is 1.30 bits per heavy atom. The van der Waals surface area contributed by atoms with E-state index in [9.17, 15) is 4.79 Å². The molecule has 23 heavy (non-hydrogen) atoms. The zero-order valence-corrected chi connectivity index (χ0v) is 13.7. The molecule has 0 aliphatic heterocycles. The van der Waals surface area contributed by atoms with Gasteiger partial charge in [0.15, 0.2) is 0 Å². The Labute approximate surface area is 138 Å². The molecule has 2 heterocycles. The van der Waals surface area contributed by atoms with Gasteiger partial charge in [-0.05, 0) is 19.4 Å². The van der Waals surface area contributed by atoms with Crippen molar-refractivity contribution < 1.29 is 4.79 Å². The lowest BCUT2D eigenvalue weighted by Crippen LogP contribution is -2.31. The number of nitrogens with one attached hydrogen (secondary N) is 1. The topological polar surface area (TPSA) is 72.7 Å². The molecule has 0 spiro atoms. The number of carbonyl (C=O) groups is 1. The molecule has 0 aliphatic rings. The van der Waals surface area contributed by atoms with Crippen molar-refractivity contribution in [1.82, 2.24) is 25.1 Å². The SMILES string of the molecule is Cc1nc(C)c(C(=O)N[C@H](Cn2cncn2)c2ccccc2)s1. The van der Waals surface area contributed by atoms with Gasteiger partial charge in [0.2, 0.25) is 0 Å². The Kier molecular flexibility index (Phi) is 4.47. The maximum Gasteiger partial charge on any atom is 0.263 e. The van der Waals surface area contributed by atoms with E-state index in [2.05, 4.69) is 20.4 Å². The summed E-state index contributed by atoms with van der Waals surface area (Å²) in [6.45, 7) is 4.28. The van der Waals surface area contributed by atoms with E-state index in [1.54, 1.807) is 11.0 Å². The number of aryl methyl sites for hydroxylation is 2. The molecule has 1 atom stereocenters. The minimum absolute atomic E-state index is 0.109. The monoisotopic (exact) mass is 327 g/mol. The molecule has 0 unspecified atom stereocenters. The number of benzene rings is 1. The maximum atomic E-state index is 12.6. The number of hydrogen-bond acceptors (Lipinski definition) is 5. The van der Waals surface area contributed by atoms with Crippen molar-refractivity contribution in [3.63, 3.8) is 0 Å². The largest absolute Gasteiger partial charge is 0.343 e. The van der Waals surface area contributed by atoms with E-state index in [4.69, 9.17) is 0 Å². The highest BCUT2D eigenvalue weighted by Crippen LogP contribution is 2.20. The lowest BCUT2D eigenvalue weighted by molar-refractivity contribution is 0.0935. The zero-order chi connectivity index (χ0) is 16.2. The van der Waals surface area contributed by atoms with Gasteiger partial charge in [-0.15, -0.1) is 11.3 Å². The van der Waals surface area contributed by atoms with E-state index in [0.717, 1.165) is 16.3 Å². The fourth-order valence-corrected chi connectivity index (χ4v) is 3.22. The summed E-state index contributed by atoms with van der Waals surface area (Å²) in [5, 5.41) is 8.10. The van der Waals surface area contributed by atoms with Crippen molar-refractivity contribution in [3.05, 3.63) is 64.1 Å². The third-order valence-corrected chi connectivity index (χ3v) is 4.52. The Bertz CT molecular complexity index is 782. The van der Waals surface area contributed by atoms with Gasteiger partial charge in [-0.25, -0.2) is 9.97 Å². The normalized spacial score (nSPS) is 12.1. The maximum absolute atomic E-state index is 12.6. The standard InChI is InChI=1S/C16H17N5OS/c1-11-15(23-12(2)19-11)16(22)20-14(8-21-10-17-9-18-21)13-6-4-3-5-7-13/h3-7,9-10,14H,8H2,1-2H3,(H,20,22)/t14-/m1/s1. The summed E-state index contributed by atoms with van der Waals surface area (Å²) >= 11 is 1.41. The lowest BCUT2D eigenvalue weighted by Gasteiger charge is -2.19. The highest BCUT2D eigenvalue weighted by molar-refractivity contribution is 7.13. The van der Waals surface area contributed by atoms with E-state index in [1.807, 2.05) is 44.2 Å². The molecule has 7 heteroatoms. The van der Waals surface area contributed by atoms with E-state index < -0.39 is 0 Å². The van der Waals surface area contributed by atoms with Crippen LogP contribution in [-0.4, -0.2) is 25.7 Å². The minimum atomic E-state index is -0.188. The van der Waals surface area contributed by atoms with Crippen LogP contribution in [0.25, 0.3) is 0 Å². The van der Waals surface area contributed by atoms with Crippen molar-refractivity contribution in [2.45, 2.75) is 26.4 Å². The van der Waals surface area contributed by atoms with Crippen molar-refractivity contribution >= 4 is 17.2 Å². The Hall–Kier alpha value is -2.54. The molecule has 0 bridgehead atoms. The second kappa shape index (κ2) is 6.70. The first kappa shape index (κ1) is 15.4. The van der Waals surface area contributed by atoms with Gasteiger partial charge in [0.25, 0.3) is 5.91 Å². The Morgan fingerprint density at radius 3 is 2.70 bits per heavy atom. The van der Waals surface area contributed by atoms with Gasteiger partial charge in [-0.1, -0.05) is 30.3 Å². The minimum Gasteiger partial charge on any atom is -0.343 e. The van der Waals surface area contributed by atoms with Crippen molar-refractivity contribution in [1.29, 1.82) is 0 Å². The molecular weight excluding hydrogens is 310 g/mol. The van der Waals surface area contributed by atoms with Crippen LogP contribution < -0.4 is 5.32 Å². The van der Waals surface area contributed by atoms with Crippen molar-refractivity contribution in [3.8, 4) is 0 Å². The number of amides is 1. The van der Waals surface area contributed by atoms with E-state index >= 15 is 0 Å². The number of nitrogens with zero attached hydrogens (tertiary/aromatic N) is 4. The van der Waals surface area contributed by atoms with Crippen LogP contribution >= 0.6 is 11.3 Å². The van der Waals surface area contributed by atoms with Gasteiger partial charge in [-0.3, -0.25) is 9.48 Å². The summed E-state index contributed by atoms with van der Waals surface area (Å²) in [6, 6.07) is 9.66. The van der Waals surface area contributed by atoms with Crippen LogP contribution in [0, 0.1) is 13.8 Å². The Balaban J connectivity index is 1.83. The van der Waals surface area contributed by atoms with Gasteiger partial charge < -0.3 is 5.32 Å². The summed E-state index contributed by atoms with van der Waals surface area (Å²) in [5.74, 6) is -0.109. The smallest absolute Gasteiger partial charge is 0.263 e. The number of thiazole rings is 1. The molecule has 118 valence electrons. The summed E-state index contributed by atoms with van der Waals surface area (Å²) in [6.07, 6.45) is 3.13. The Morgan fingerprint density at radius 2 is 2.09 bits per heavy atom. The molecule has 3 rings (SSSR count). The first-order valence-electron chi connectivity index (χ1n) is 7.25. The van der Waals surface area contributed by atoms with Crippen LogP contribution in [0.3, 0.4) is 0 Å². The molecule has 2 aromatic heterocycles. The van der Waals surface area contributed by atoms with Crippen LogP contribution in [-0.2, 0) is 6.54 Å². The zero-order valence-electron chi connectivity index (χ0n) is 12.9. The predicted molar refractivity (Wildman–Crippen MR) is 88.3 cm³/mol. The van der Waals surface area contributed by atoms with Crippen LogP contribution in [0.2, 0.25) is 0 Å². The van der Waals surface area contributed by atoms with Gasteiger partial charge in [0.1, 0.15) is 17.5 Å². The fraction of sp³-hybridized carbons (Fsp3) is 0.250. The first-order chi connectivity index (χ1) is 11.1. The van der Waals surface area contributed by atoms with Gasteiger partial charge in [-0.2, -0.15) is 5.10 Å².